The van der Waals surface area contributed by atoms with Gasteiger partial charge in [0, 0.05) is 19.3 Å². The number of hydrogen-bond acceptors (Lipinski definition) is 3. The van der Waals surface area contributed by atoms with Gasteiger partial charge in [0.2, 0.25) is 0 Å². The minimum atomic E-state index is -0.109. The number of aryl methyl sites for hydroxylation is 3. The van der Waals surface area contributed by atoms with Crippen LogP contribution < -0.4 is 10.1 Å². The van der Waals surface area contributed by atoms with Crippen molar-refractivity contribution in [3.63, 3.8) is 0 Å². The van der Waals surface area contributed by atoms with Gasteiger partial charge < -0.3 is 10.1 Å². The van der Waals surface area contributed by atoms with E-state index in [-0.39, 0.29) is 12.5 Å². The largest absolute Gasteiger partial charge is 0.484 e. The summed E-state index contributed by atoms with van der Waals surface area (Å²) >= 11 is 0. The van der Waals surface area contributed by atoms with Gasteiger partial charge in [-0.15, -0.1) is 0 Å². The van der Waals surface area contributed by atoms with E-state index in [0.717, 1.165) is 29.1 Å². The molecule has 0 aliphatic rings. The number of nitrogens with one attached hydrogen (secondary N) is 1. The quantitative estimate of drug-likeness (QED) is 0.889. The highest BCUT2D eigenvalue weighted by molar-refractivity contribution is 5.77. The summed E-state index contributed by atoms with van der Waals surface area (Å²) in [5, 5.41) is 7.26. The molecule has 0 aliphatic carbocycles. The van der Waals surface area contributed by atoms with E-state index in [4.69, 9.17) is 4.74 Å². The SMILES string of the molecule is Cc1ccccc1OCC(=O)NCCc1c(C)nn(C)c1C. The number of rotatable bonds is 6. The van der Waals surface area contributed by atoms with Crippen LogP contribution in [0.2, 0.25) is 0 Å². The topological polar surface area (TPSA) is 56.1 Å². The molecule has 0 saturated carbocycles. The molecule has 0 aliphatic heterocycles. The number of benzene rings is 1. The van der Waals surface area contributed by atoms with E-state index in [9.17, 15) is 4.79 Å². The van der Waals surface area contributed by atoms with Crippen LogP contribution in [0, 0.1) is 20.8 Å². The molecule has 2 rings (SSSR count). The molecule has 1 aromatic heterocycles. The number of ether oxygens (including phenoxy) is 1. The minimum Gasteiger partial charge on any atom is -0.484 e. The van der Waals surface area contributed by atoms with Crippen LogP contribution in [0.1, 0.15) is 22.5 Å². The third-order valence-electron chi connectivity index (χ3n) is 3.81. The monoisotopic (exact) mass is 301 g/mol. The summed E-state index contributed by atoms with van der Waals surface area (Å²) in [5.74, 6) is 0.638. The van der Waals surface area contributed by atoms with E-state index in [0.29, 0.717) is 6.54 Å². The molecule has 1 N–H and O–H groups in total. The molecule has 5 nitrogen and oxygen atoms in total. The number of nitrogens with zero attached hydrogens (tertiary/aromatic N) is 2. The molecule has 1 amide bonds. The standard InChI is InChI=1S/C17H23N3O2/c1-12-7-5-6-8-16(12)22-11-17(21)18-10-9-15-13(2)19-20(4)14(15)3/h5-8H,9-11H2,1-4H3,(H,18,21). The van der Waals surface area contributed by atoms with E-state index in [1.807, 2.05) is 56.8 Å². The summed E-state index contributed by atoms with van der Waals surface area (Å²) in [5.41, 5.74) is 4.38. The van der Waals surface area contributed by atoms with Gasteiger partial charge >= 0.3 is 0 Å². The summed E-state index contributed by atoms with van der Waals surface area (Å²) < 4.78 is 7.39. The van der Waals surface area contributed by atoms with E-state index in [1.54, 1.807) is 0 Å². The maximum Gasteiger partial charge on any atom is 0.257 e. The van der Waals surface area contributed by atoms with Crippen molar-refractivity contribution in [1.82, 2.24) is 15.1 Å². The Morgan fingerprint density at radius 1 is 1.27 bits per heavy atom. The number of carbonyl (C=O) groups excluding carboxylic acids is 1. The average molecular weight is 301 g/mol. The lowest BCUT2D eigenvalue weighted by atomic mass is 10.1. The fraction of sp³-hybridized carbons (Fsp3) is 0.412. The van der Waals surface area contributed by atoms with Crippen LogP contribution in [0.5, 0.6) is 5.75 Å². The van der Waals surface area contributed by atoms with Gasteiger partial charge in [0.15, 0.2) is 6.61 Å². The molecule has 0 atom stereocenters. The van der Waals surface area contributed by atoms with Gasteiger partial charge in [-0.25, -0.2) is 0 Å². The summed E-state index contributed by atoms with van der Waals surface area (Å²) in [4.78, 5) is 11.8. The van der Waals surface area contributed by atoms with Gasteiger partial charge in [-0.1, -0.05) is 18.2 Å². The van der Waals surface area contributed by atoms with Crippen molar-refractivity contribution in [1.29, 1.82) is 0 Å². The number of hydrogen-bond donors (Lipinski definition) is 1. The molecule has 2 aromatic rings. The molecule has 0 saturated heterocycles. The first-order valence-electron chi connectivity index (χ1n) is 7.43. The van der Waals surface area contributed by atoms with Crippen molar-refractivity contribution < 1.29 is 9.53 Å². The first-order chi connectivity index (χ1) is 10.5. The molecule has 22 heavy (non-hydrogen) atoms. The Morgan fingerprint density at radius 3 is 2.64 bits per heavy atom. The number of amides is 1. The Balaban J connectivity index is 1.78. The Labute approximate surface area is 131 Å². The van der Waals surface area contributed by atoms with Crippen molar-refractivity contribution in [3.05, 3.63) is 46.8 Å². The smallest absolute Gasteiger partial charge is 0.257 e. The zero-order valence-corrected chi connectivity index (χ0v) is 13.6. The highest BCUT2D eigenvalue weighted by Crippen LogP contribution is 2.15. The molecule has 0 spiro atoms. The van der Waals surface area contributed by atoms with Crippen molar-refractivity contribution in [2.75, 3.05) is 13.2 Å². The van der Waals surface area contributed by atoms with Gasteiger partial charge in [0.25, 0.3) is 5.91 Å². The Kier molecular flexibility index (Phi) is 5.20. The van der Waals surface area contributed by atoms with Crippen LogP contribution in [0.25, 0.3) is 0 Å². The van der Waals surface area contributed by atoms with Crippen LogP contribution in [-0.2, 0) is 18.3 Å². The second-order valence-electron chi connectivity index (χ2n) is 5.43. The third kappa shape index (κ3) is 3.87. The predicted molar refractivity (Wildman–Crippen MR) is 86.1 cm³/mol. The number of para-hydroxylation sites is 1. The van der Waals surface area contributed by atoms with Gasteiger partial charge in [-0.3, -0.25) is 9.48 Å². The number of carbonyl (C=O) groups is 1. The zero-order chi connectivity index (χ0) is 16.1. The highest BCUT2D eigenvalue weighted by atomic mass is 16.5. The summed E-state index contributed by atoms with van der Waals surface area (Å²) in [7, 11) is 1.93. The summed E-state index contributed by atoms with van der Waals surface area (Å²) in [6, 6.07) is 7.67. The molecule has 1 heterocycles. The highest BCUT2D eigenvalue weighted by Gasteiger charge is 2.10. The first-order valence-corrected chi connectivity index (χ1v) is 7.43. The van der Waals surface area contributed by atoms with Crippen LogP contribution in [-0.4, -0.2) is 28.8 Å². The molecule has 118 valence electrons. The van der Waals surface area contributed by atoms with Crippen LogP contribution in [0.3, 0.4) is 0 Å². The second-order valence-corrected chi connectivity index (χ2v) is 5.43. The molecule has 0 radical (unpaired) electrons. The van der Waals surface area contributed by atoms with E-state index < -0.39 is 0 Å². The molecule has 1 aromatic carbocycles. The Morgan fingerprint density at radius 2 is 2.00 bits per heavy atom. The normalized spacial score (nSPS) is 10.5. The zero-order valence-electron chi connectivity index (χ0n) is 13.6. The van der Waals surface area contributed by atoms with E-state index in [2.05, 4.69) is 10.4 Å². The lowest BCUT2D eigenvalue weighted by molar-refractivity contribution is -0.123. The lowest BCUT2D eigenvalue weighted by Gasteiger charge is -2.09. The third-order valence-corrected chi connectivity index (χ3v) is 3.81. The number of aromatic nitrogens is 2. The van der Waals surface area contributed by atoms with Crippen LogP contribution in [0.15, 0.2) is 24.3 Å². The maximum atomic E-state index is 11.8. The fourth-order valence-electron chi connectivity index (χ4n) is 2.42. The average Bonchev–Trinajstić information content (AvgIpc) is 2.72. The first kappa shape index (κ1) is 16.1. The summed E-state index contributed by atoms with van der Waals surface area (Å²) in [6.07, 6.45) is 0.779. The summed E-state index contributed by atoms with van der Waals surface area (Å²) in [6.45, 7) is 6.62. The van der Waals surface area contributed by atoms with Gasteiger partial charge in [0.05, 0.1) is 5.69 Å². The lowest BCUT2D eigenvalue weighted by Crippen LogP contribution is -2.30. The van der Waals surface area contributed by atoms with Gasteiger partial charge in [0.1, 0.15) is 5.75 Å². The maximum absolute atomic E-state index is 11.8. The van der Waals surface area contributed by atoms with Gasteiger partial charge in [-0.05, 0) is 44.4 Å². The minimum absolute atomic E-state index is 0.0376. The predicted octanol–water partition coefficient (Wildman–Crippen LogP) is 2.08. The van der Waals surface area contributed by atoms with E-state index >= 15 is 0 Å². The Hall–Kier alpha value is -2.30. The molecular weight excluding hydrogens is 278 g/mol. The Bertz CT molecular complexity index is 662. The molecule has 5 heteroatoms. The van der Waals surface area contributed by atoms with Crippen molar-refractivity contribution >= 4 is 5.91 Å². The van der Waals surface area contributed by atoms with E-state index in [1.165, 1.54) is 5.56 Å². The van der Waals surface area contributed by atoms with Crippen molar-refractivity contribution in [3.8, 4) is 5.75 Å². The molecular formula is C17H23N3O2. The van der Waals surface area contributed by atoms with Crippen molar-refractivity contribution in [2.45, 2.75) is 27.2 Å². The van der Waals surface area contributed by atoms with Crippen LogP contribution >= 0.6 is 0 Å². The molecule has 0 unspecified atom stereocenters. The van der Waals surface area contributed by atoms with Gasteiger partial charge in [-0.2, -0.15) is 5.10 Å². The van der Waals surface area contributed by atoms with Crippen molar-refractivity contribution in [2.24, 2.45) is 7.05 Å². The fourth-order valence-corrected chi connectivity index (χ4v) is 2.42. The second kappa shape index (κ2) is 7.11. The van der Waals surface area contributed by atoms with Crippen LogP contribution in [0.4, 0.5) is 0 Å². The molecule has 0 bridgehead atoms. The molecule has 0 fully saturated rings.